The van der Waals surface area contributed by atoms with Crippen LogP contribution >= 0.6 is 35.3 Å². The van der Waals surface area contributed by atoms with Gasteiger partial charge in [0.15, 0.2) is 5.96 Å². The topological polar surface area (TPSA) is 55.8 Å². The van der Waals surface area contributed by atoms with Gasteiger partial charge >= 0.3 is 0 Å². The van der Waals surface area contributed by atoms with Crippen LogP contribution in [0.3, 0.4) is 0 Å². The average Bonchev–Trinajstić information content (AvgIpc) is 2.97. The monoisotopic (exact) mass is 508 g/mol. The molecule has 1 fully saturated rings. The zero-order valence-electron chi connectivity index (χ0n) is 17.4. The van der Waals surface area contributed by atoms with E-state index in [-0.39, 0.29) is 24.0 Å². The smallest absolute Gasteiger partial charge is 0.191 e. The summed E-state index contributed by atoms with van der Waals surface area (Å²) in [5.74, 6) is 0.898. The number of piperazine rings is 1. The molecule has 0 bridgehead atoms. The molecular formula is C19H37IN6S. The Kier molecular flexibility index (Phi) is 12.5. The fourth-order valence-electron chi connectivity index (χ4n) is 3.09. The number of aromatic nitrogens is 1. The summed E-state index contributed by atoms with van der Waals surface area (Å²) in [6.45, 7) is 18.3. The molecule has 8 heteroatoms. The van der Waals surface area contributed by atoms with Crippen LogP contribution in [0.2, 0.25) is 0 Å². The summed E-state index contributed by atoms with van der Waals surface area (Å²) in [5, 5.41) is 7.87. The van der Waals surface area contributed by atoms with Crippen molar-refractivity contribution in [2.75, 3.05) is 52.4 Å². The summed E-state index contributed by atoms with van der Waals surface area (Å²) < 4.78 is 0. The first-order valence-electron chi connectivity index (χ1n) is 10.0. The highest BCUT2D eigenvalue weighted by molar-refractivity contribution is 14.0. The van der Waals surface area contributed by atoms with Crippen LogP contribution in [0, 0.1) is 13.8 Å². The summed E-state index contributed by atoms with van der Waals surface area (Å²) in [5.41, 5.74) is 1.12. The normalized spacial score (nSPS) is 16.2. The third kappa shape index (κ3) is 9.06. The summed E-state index contributed by atoms with van der Waals surface area (Å²) in [6.07, 6.45) is 2.41. The Bertz CT molecular complexity index is 535. The van der Waals surface area contributed by atoms with Crippen molar-refractivity contribution >= 4 is 41.3 Å². The highest BCUT2D eigenvalue weighted by Crippen LogP contribution is 2.16. The molecule has 156 valence electrons. The molecule has 2 rings (SSSR count). The number of hydrogen-bond acceptors (Lipinski definition) is 5. The van der Waals surface area contributed by atoms with Gasteiger partial charge in [-0.1, -0.05) is 6.92 Å². The van der Waals surface area contributed by atoms with Crippen LogP contribution in [0.15, 0.2) is 4.99 Å². The second-order valence-corrected chi connectivity index (χ2v) is 8.14. The number of hydrogen-bond donors (Lipinski definition) is 2. The van der Waals surface area contributed by atoms with E-state index in [2.05, 4.69) is 58.1 Å². The van der Waals surface area contributed by atoms with Gasteiger partial charge in [-0.3, -0.25) is 0 Å². The number of thiazole rings is 1. The number of guanidine groups is 1. The molecule has 27 heavy (non-hydrogen) atoms. The zero-order chi connectivity index (χ0) is 18.8. The van der Waals surface area contributed by atoms with E-state index in [0.717, 1.165) is 29.8 Å². The number of nitrogens with one attached hydrogen (secondary N) is 2. The molecular weight excluding hydrogens is 471 g/mol. The van der Waals surface area contributed by atoms with Crippen molar-refractivity contribution in [3.8, 4) is 0 Å². The number of likely N-dealkylation sites (N-methyl/N-ethyl adjacent to an activating group) is 1. The molecule has 0 spiro atoms. The largest absolute Gasteiger partial charge is 0.357 e. The van der Waals surface area contributed by atoms with Crippen molar-refractivity contribution in [2.45, 2.75) is 47.1 Å². The highest BCUT2D eigenvalue weighted by Gasteiger charge is 2.14. The Labute approximate surface area is 186 Å². The van der Waals surface area contributed by atoms with Crippen LogP contribution in [-0.2, 0) is 6.54 Å². The minimum Gasteiger partial charge on any atom is -0.357 e. The van der Waals surface area contributed by atoms with Gasteiger partial charge in [0, 0.05) is 44.1 Å². The second kappa shape index (κ2) is 13.7. The Morgan fingerprint density at radius 2 is 1.78 bits per heavy atom. The zero-order valence-corrected chi connectivity index (χ0v) is 20.5. The number of unbranched alkanes of at least 4 members (excludes halogenated alkanes) is 1. The summed E-state index contributed by atoms with van der Waals surface area (Å²) in [7, 11) is 0. The standard InChI is InChI=1S/C19H36N6S.HI/c1-5-20-19(22-15-18-23-16(3)17(4)26-18)21-9-7-8-10-25-13-11-24(6-2)12-14-25;/h5-15H2,1-4H3,(H2,20,21,22);1H. The minimum absolute atomic E-state index is 0. The van der Waals surface area contributed by atoms with Crippen LogP contribution in [0.5, 0.6) is 0 Å². The Morgan fingerprint density at radius 3 is 2.37 bits per heavy atom. The van der Waals surface area contributed by atoms with Crippen molar-refractivity contribution in [3.63, 3.8) is 0 Å². The molecule has 1 aromatic rings. The van der Waals surface area contributed by atoms with Gasteiger partial charge in [0.05, 0.1) is 12.2 Å². The van der Waals surface area contributed by atoms with E-state index in [4.69, 9.17) is 0 Å². The van der Waals surface area contributed by atoms with Gasteiger partial charge in [-0.05, 0) is 46.7 Å². The van der Waals surface area contributed by atoms with E-state index in [1.165, 1.54) is 57.0 Å². The number of rotatable bonds is 9. The molecule has 0 radical (unpaired) electrons. The quantitative estimate of drug-likeness (QED) is 0.233. The lowest BCUT2D eigenvalue weighted by Crippen LogP contribution is -2.46. The van der Waals surface area contributed by atoms with Crippen molar-refractivity contribution in [1.82, 2.24) is 25.4 Å². The number of aryl methyl sites for hydroxylation is 2. The lowest BCUT2D eigenvalue weighted by molar-refractivity contribution is 0.136. The molecule has 2 heterocycles. The maximum Gasteiger partial charge on any atom is 0.191 e. The molecule has 1 aliphatic heterocycles. The van der Waals surface area contributed by atoms with E-state index in [9.17, 15) is 0 Å². The fraction of sp³-hybridized carbons (Fsp3) is 0.789. The molecule has 6 nitrogen and oxygen atoms in total. The summed E-state index contributed by atoms with van der Waals surface area (Å²) in [4.78, 5) is 15.6. The third-order valence-electron chi connectivity index (χ3n) is 4.90. The van der Waals surface area contributed by atoms with Gasteiger partial charge in [-0.2, -0.15) is 0 Å². The van der Waals surface area contributed by atoms with Crippen molar-refractivity contribution in [2.24, 2.45) is 4.99 Å². The first-order valence-corrected chi connectivity index (χ1v) is 10.8. The van der Waals surface area contributed by atoms with E-state index in [1.54, 1.807) is 11.3 Å². The van der Waals surface area contributed by atoms with E-state index in [0.29, 0.717) is 6.54 Å². The Balaban J connectivity index is 0.00000364. The van der Waals surface area contributed by atoms with Gasteiger partial charge in [0.2, 0.25) is 0 Å². The maximum atomic E-state index is 4.67. The molecule has 2 N–H and O–H groups in total. The van der Waals surface area contributed by atoms with E-state index < -0.39 is 0 Å². The average molecular weight is 509 g/mol. The lowest BCUT2D eigenvalue weighted by Gasteiger charge is -2.34. The Morgan fingerprint density at radius 1 is 1.07 bits per heavy atom. The molecule has 0 aliphatic carbocycles. The van der Waals surface area contributed by atoms with E-state index in [1.807, 2.05) is 0 Å². The van der Waals surface area contributed by atoms with Crippen molar-refractivity contribution in [1.29, 1.82) is 0 Å². The molecule has 1 aliphatic rings. The maximum absolute atomic E-state index is 4.67. The van der Waals surface area contributed by atoms with Crippen LogP contribution < -0.4 is 10.6 Å². The predicted octanol–water partition coefficient (Wildman–Crippen LogP) is 2.85. The first kappa shape index (κ1) is 24.6. The van der Waals surface area contributed by atoms with Gasteiger partial charge < -0.3 is 20.4 Å². The molecule has 0 saturated carbocycles. The fourth-order valence-corrected chi connectivity index (χ4v) is 3.95. The molecule has 0 unspecified atom stereocenters. The number of nitrogens with zero attached hydrogens (tertiary/aromatic N) is 4. The second-order valence-electron chi connectivity index (χ2n) is 6.85. The number of aliphatic imine (C=N–C) groups is 1. The first-order chi connectivity index (χ1) is 12.6. The SMILES string of the molecule is CCNC(=NCc1nc(C)c(C)s1)NCCCCN1CCN(CC)CC1.I. The van der Waals surface area contributed by atoms with Crippen LogP contribution in [0.25, 0.3) is 0 Å². The lowest BCUT2D eigenvalue weighted by atomic mass is 10.2. The van der Waals surface area contributed by atoms with Crippen LogP contribution in [0.4, 0.5) is 0 Å². The highest BCUT2D eigenvalue weighted by atomic mass is 127. The molecule has 1 aromatic heterocycles. The third-order valence-corrected chi connectivity index (χ3v) is 5.95. The Hall–Kier alpha value is -0.450. The van der Waals surface area contributed by atoms with Crippen molar-refractivity contribution < 1.29 is 0 Å². The van der Waals surface area contributed by atoms with Gasteiger partial charge in [-0.25, -0.2) is 9.98 Å². The van der Waals surface area contributed by atoms with Gasteiger partial charge in [0.1, 0.15) is 5.01 Å². The molecule has 0 amide bonds. The van der Waals surface area contributed by atoms with Gasteiger partial charge in [0.25, 0.3) is 0 Å². The minimum atomic E-state index is 0. The molecule has 0 atom stereocenters. The molecule has 0 aromatic carbocycles. The van der Waals surface area contributed by atoms with E-state index >= 15 is 0 Å². The van der Waals surface area contributed by atoms with Gasteiger partial charge in [-0.15, -0.1) is 35.3 Å². The predicted molar refractivity (Wildman–Crippen MR) is 128 cm³/mol. The number of halogens is 1. The van der Waals surface area contributed by atoms with Crippen molar-refractivity contribution in [3.05, 3.63) is 15.6 Å². The molecule has 1 saturated heterocycles. The summed E-state index contributed by atoms with van der Waals surface area (Å²) >= 11 is 1.74. The van der Waals surface area contributed by atoms with Crippen LogP contribution in [0.1, 0.15) is 42.3 Å². The summed E-state index contributed by atoms with van der Waals surface area (Å²) in [6, 6.07) is 0. The van der Waals surface area contributed by atoms with Crippen LogP contribution in [-0.4, -0.2) is 73.1 Å².